The topological polar surface area (TPSA) is 74.2 Å². The maximum absolute atomic E-state index is 12.3. The number of carbonyl (C=O) groups excluding carboxylic acids is 1. The first kappa shape index (κ1) is 20.4. The van der Waals surface area contributed by atoms with E-state index in [-0.39, 0.29) is 11.0 Å². The first-order valence-electron chi connectivity index (χ1n) is 8.98. The normalized spacial score (nSPS) is 9.93. The highest BCUT2D eigenvalue weighted by molar-refractivity contribution is 7.80. The molecule has 27 heavy (non-hydrogen) atoms. The van der Waals surface area contributed by atoms with Crippen molar-refractivity contribution in [2.24, 2.45) is 0 Å². The summed E-state index contributed by atoms with van der Waals surface area (Å²) in [6.07, 6.45) is 4.61. The van der Waals surface area contributed by atoms with Gasteiger partial charge in [-0.2, -0.15) is 5.26 Å². The minimum Gasteiger partial charge on any atom is -0.494 e. The number of nitrogens with one attached hydrogen (secondary N) is 2. The third-order valence-corrected chi connectivity index (χ3v) is 4.11. The van der Waals surface area contributed by atoms with E-state index >= 15 is 0 Å². The number of benzene rings is 2. The molecule has 0 saturated heterocycles. The number of para-hydroxylation sites is 1. The van der Waals surface area contributed by atoms with E-state index in [0.29, 0.717) is 23.4 Å². The molecular formula is C21H23N3O2S. The summed E-state index contributed by atoms with van der Waals surface area (Å²) < 4.78 is 5.67. The summed E-state index contributed by atoms with van der Waals surface area (Å²) in [7, 11) is 0. The van der Waals surface area contributed by atoms with Crippen molar-refractivity contribution < 1.29 is 9.53 Å². The third-order valence-electron chi connectivity index (χ3n) is 3.91. The number of unbranched alkanes of at least 4 members (excludes halogenated alkanes) is 3. The van der Waals surface area contributed by atoms with Gasteiger partial charge in [0, 0.05) is 5.56 Å². The van der Waals surface area contributed by atoms with Crippen LogP contribution < -0.4 is 15.4 Å². The number of rotatable bonds is 8. The van der Waals surface area contributed by atoms with Crippen molar-refractivity contribution in [2.45, 2.75) is 32.6 Å². The molecule has 2 aromatic carbocycles. The van der Waals surface area contributed by atoms with Gasteiger partial charge in [-0.05, 0) is 55.0 Å². The van der Waals surface area contributed by atoms with Crippen LogP contribution in [0.25, 0.3) is 0 Å². The largest absolute Gasteiger partial charge is 0.494 e. The third kappa shape index (κ3) is 6.72. The number of hydrogen-bond donors (Lipinski definition) is 2. The van der Waals surface area contributed by atoms with Crippen molar-refractivity contribution in [2.75, 3.05) is 11.9 Å². The predicted octanol–water partition coefficient (Wildman–Crippen LogP) is 4.64. The van der Waals surface area contributed by atoms with Crippen LogP contribution in [0.3, 0.4) is 0 Å². The van der Waals surface area contributed by atoms with E-state index in [2.05, 4.69) is 23.6 Å². The zero-order valence-electron chi connectivity index (χ0n) is 15.3. The fourth-order valence-electron chi connectivity index (χ4n) is 2.44. The molecule has 2 aromatic rings. The average Bonchev–Trinajstić information content (AvgIpc) is 2.68. The van der Waals surface area contributed by atoms with E-state index in [0.717, 1.165) is 18.6 Å². The van der Waals surface area contributed by atoms with Gasteiger partial charge in [0.05, 0.1) is 17.9 Å². The first-order valence-corrected chi connectivity index (χ1v) is 9.39. The molecule has 2 N–H and O–H groups in total. The van der Waals surface area contributed by atoms with Crippen LogP contribution in [0.2, 0.25) is 0 Å². The Morgan fingerprint density at radius 1 is 1.11 bits per heavy atom. The molecule has 0 aliphatic heterocycles. The van der Waals surface area contributed by atoms with Crippen LogP contribution in [0.15, 0.2) is 48.5 Å². The number of carbonyl (C=O) groups is 1. The fraction of sp³-hybridized carbons (Fsp3) is 0.286. The molecular weight excluding hydrogens is 358 g/mol. The fourth-order valence-corrected chi connectivity index (χ4v) is 2.64. The Kier molecular flexibility index (Phi) is 8.27. The number of nitriles is 1. The van der Waals surface area contributed by atoms with Gasteiger partial charge in [0.15, 0.2) is 5.11 Å². The lowest BCUT2D eigenvalue weighted by atomic mass is 10.2. The summed E-state index contributed by atoms with van der Waals surface area (Å²) in [4.78, 5) is 12.3. The number of anilines is 1. The average molecular weight is 382 g/mol. The molecule has 0 aliphatic rings. The second kappa shape index (κ2) is 10.9. The highest BCUT2D eigenvalue weighted by Gasteiger charge is 2.09. The molecule has 0 heterocycles. The zero-order chi connectivity index (χ0) is 19.5. The first-order chi connectivity index (χ1) is 13.1. The molecule has 0 bridgehead atoms. The summed E-state index contributed by atoms with van der Waals surface area (Å²) in [6.45, 7) is 2.85. The Hall–Kier alpha value is -2.91. The van der Waals surface area contributed by atoms with Crippen molar-refractivity contribution >= 4 is 28.9 Å². The standard InChI is InChI=1S/C21H23N3O2S/c1-2-3-4-7-14-26-18-12-10-16(11-13-18)20(25)24-21(27)23-19-9-6-5-8-17(19)15-22/h5-6,8-13H,2-4,7,14H2,1H3,(H2,23,24,25,27). The number of hydrogen-bond acceptors (Lipinski definition) is 4. The molecule has 0 aliphatic carbocycles. The molecule has 6 heteroatoms. The number of ether oxygens (including phenoxy) is 1. The molecule has 0 radical (unpaired) electrons. The van der Waals surface area contributed by atoms with Gasteiger partial charge < -0.3 is 10.1 Å². The van der Waals surface area contributed by atoms with Gasteiger partial charge in [0.1, 0.15) is 11.8 Å². The molecule has 0 spiro atoms. The summed E-state index contributed by atoms with van der Waals surface area (Å²) in [6, 6.07) is 16.0. The Bertz CT molecular complexity index is 813. The molecule has 0 saturated carbocycles. The minimum atomic E-state index is -0.323. The maximum atomic E-state index is 12.3. The van der Waals surface area contributed by atoms with Gasteiger partial charge >= 0.3 is 0 Å². The number of amides is 1. The zero-order valence-corrected chi connectivity index (χ0v) is 16.1. The number of thiocarbonyl (C=S) groups is 1. The van der Waals surface area contributed by atoms with Crippen molar-refractivity contribution in [1.82, 2.24) is 5.32 Å². The van der Waals surface area contributed by atoms with Gasteiger partial charge in [-0.25, -0.2) is 0 Å². The second-order valence-electron chi connectivity index (χ2n) is 6.00. The molecule has 1 amide bonds. The lowest BCUT2D eigenvalue weighted by Crippen LogP contribution is -2.34. The van der Waals surface area contributed by atoms with E-state index in [1.807, 2.05) is 0 Å². The van der Waals surface area contributed by atoms with E-state index in [1.54, 1.807) is 48.5 Å². The van der Waals surface area contributed by atoms with E-state index in [1.165, 1.54) is 12.8 Å². The van der Waals surface area contributed by atoms with Crippen molar-refractivity contribution in [3.63, 3.8) is 0 Å². The minimum absolute atomic E-state index is 0.138. The SMILES string of the molecule is CCCCCCOc1ccc(C(=O)NC(=S)Nc2ccccc2C#N)cc1. The van der Waals surface area contributed by atoms with Crippen LogP contribution in [0.1, 0.15) is 48.5 Å². The summed E-state index contributed by atoms with van der Waals surface area (Å²) in [5.41, 5.74) is 1.48. The molecule has 140 valence electrons. The van der Waals surface area contributed by atoms with E-state index in [9.17, 15) is 4.79 Å². The summed E-state index contributed by atoms with van der Waals surface area (Å²) >= 11 is 5.16. The molecule has 0 aromatic heterocycles. The Labute approximate surface area is 165 Å². The van der Waals surface area contributed by atoms with Crippen molar-refractivity contribution in [3.05, 3.63) is 59.7 Å². The molecule has 5 nitrogen and oxygen atoms in total. The van der Waals surface area contributed by atoms with Gasteiger partial charge in [-0.15, -0.1) is 0 Å². The van der Waals surface area contributed by atoms with Crippen LogP contribution in [0.4, 0.5) is 5.69 Å². The summed E-state index contributed by atoms with van der Waals surface area (Å²) in [5, 5.41) is 14.7. The Morgan fingerprint density at radius 2 is 1.85 bits per heavy atom. The lowest BCUT2D eigenvalue weighted by Gasteiger charge is -2.11. The molecule has 2 rings (SSSR count). The van der Waals surface area contributed by atoms with Crippen LogP contribution in [-0.4, -0.2) is 17.6 Å². The molecule has 0 atom stereocenters. The Balaban J connectivity index is 1.84. The van der Waals surface area contributed by atoms with Gasteiger partial charge in [0.25, 0.3) is 5.91 Å². The molecule has 0 fully saturated rings. The van der Waals surface area contributed by atoms with Crippen LogP contribution in [-0.2, 0) is 0 Å². The predicted molar refractivity (Wildman–Crippen MR) is 111 cm³/mol. The van der Waals surface area contributed by atoms with Gasteiger partial charge in [0.2, 0.25) is 0 Å². The van der Waals surface area contributed by atoms with Crippen molar-refractivity contribution in [3.8, 4) is 11.8 Å². The van der Waals surface area contributed by atoms with Crippen molar-refractivity contribution in [1.29, 1.82) is 5.26 Å². The van der Waals surface area contributed by atoms with E-state index < -0.39 is 0 Å². The summed E-state index contributed by atoms with van der Waals surface area (Å²) in [5.74, 6) is 0.420. The van der Waals surface area contributed by atoms with Gasteiger partial charge in [-0.1, -0.05) is 38.3 Å². The second-order valence-corrected chi connectivity index (χ2v) is 6.41. The quantitative estimate of drug-likeness (QED) is 0.514. The highest BCUT2D eigenvalue weighted by atomic mass is 32.1. The Morgan fingerprint density at radius 3 is 2.56 bits per heavy atom. The number of nitrogens with zero attached hydrogens (tertiary/aromatic N) is 1. The van der Waals surface area contributed by atoms with E-state index in [4.69, 9.17) is 22.2 Å². The lowest BCUT2D eigenvalue weighted by molar-refractivity contribution is 0.0977. The van der Waals surface area contributed by atoms with Crippen LogP contribution in [0, 0.1) is 11.3 Å². The van der Waals surface area contributed by atoms with Gasteiger partial charge in [-0.3, -0.25) is 10.1 Å². The molecule has 0 unspecified atom stereocenters. The van der Waals surface area contributed by atoms with Crippen LogP contribution >= 0.6 is 12.2 Å². The smallest absolute Gasteiger partial charge is 0.257 e. The monoisotopic (exact) mass is 381 g/mol. The maximum Gasteiger partial charge on any atom is 0.257 e. The van der Waals surface area contributed by atoms with Crippen LogP contribution in [0.5, 0.6) is 5.75 Å². The highest BCUT2D eigenvalue weighted by Crippen LogP contribution is 2.15.